The summed E-state index contributed by atoms with van der Waals surface area (Å²) in [7, 11) is 0. The number of hydrogen-bond acceptors (Lipinski definition) is 3. The van der Waals surface area contributed by atoms with E-state index in [4.69, 9.17) is 0 Å². The van der Waals surface area contributed by atoms with E-state index >= 15 is 0 Å². The van der Waals surface area contributed by atoms with Gasteiger partial charge in [0.1, 0.15) is 11.5 Å². The van der Waals surface area contributed by atoms with Crippen molar-refractivity contribution >= 4 is 5.96 Å². The first-order chi connectivity index (χ1) is 13.4. The predicted molar refractivity (Wildman–Crippen MR) is 103 cm³/mol. The van der Waals surface area contributed by atoms with Gasteiger partial charge in [-0.05, 0) is 48.7 Å². The molecule has 0 amide bonds. The zero-order valence-corrected chi connectivity index (χ0v) is 15.6. The van der Waals surface area contributed by atoms with Gasteiger partial charge in [0.2, 0.25) is 0 Å². The molecule has 0 bridgehead atoms. The van der Waals surface area contributed by atoms with E-state index in [1.54, 1.807) is 30.3 Å². The second kappa shape index (κ2) is 10.4. The van der Waals surface area contributed by atoms with E-state index in [1.165, 1.54) is 12.1 Å². The molecule has 0 fully saturated rings. The van der Waals surface area contributed by atoms with Crippen LogP contribution in [0.25, 0.3) is 0 Å². The molecular weight excluding hydrogens is 371 g/mol. The Hall–Kier alpha value is -2.90. The minimum absolute atomic E-state index is 0.168. The Labute approximate surface area is 162 Å². The number of aromatic hydroxyl groups is 1. The normalized spacial score (nSPS) is 11.9. The van der Waals surface area contributed by atoms with Crippen LogP contribution in [0.2, 0.25) is 0 Å². The summed E-state index contributed by atoms with van der Waals surface area (Å²) in [6.45, 7) is 2.36. The van der Waals surface area contributed by atoms with Crippen LogP contribution in [0.1, 0.15) is 18.1 Å². The summed E-state index contributed by atoms with van der Waals surface area (Å²) in [5, 5.41) is 15.8. The average molecular weight is 395 g/mol. The number of hydrogen-bond donors (Lipinski definition) is 3. The average Bonchev–Trinajstić information content (AvgIpc) is 2.65. The number of guanidine groups is 1. The molecule has 0 aliphatic heterocycles. The third-order valence-corrected chi connectivity index (χ3v) is 3.71. The number of phenols is 1. The van der Waals surface area contributed by atoms with Crippen LogP contribution >= 0.6 is 0 Å². The molecular formula is C20H24F3N3O2. The summed E-state index contributed by atoms with van der Waals surface area (Å²) in [6, 6.07) is 13.4. The number of phenolic OH excluding ortho intramolecular Hbond substituents is 1. The van der Waals surface area contributed by atoms with Crippen molar-refractivity contribution in [2.45, 2.75) is 26.1 Å². The van der Waals surface area contributed by atoms with Crippen molar-refractivity contribution in [3.8, 4) is 11.5 Å². The van der Waals surface area contributed by atoms with Gasteiger partial charge in [0.25, 0.3) is 0 Å². The fourth-order valence-electron chi connectivity index (χ4n) is 2.41. The number of benzene rings is 2. The van der Waals surface area contributed by atoms with Crippen LogP contribution < -0.4 is 15.4 Å². The highest BCUT2D eigenvalue weighted by Crippen LogP contribution is 2.19. The van der Waals surface area contributed by atoms with Gasteiger partial charge in [-0.25, -0.2) is 4.99 Å². The maximum atomic E-state index is 12.2. The largest absolute Gasteiger partial charge is 0.508 e. The lowest BCUT2D eigenvalue weighted by Gasteiger charge is -2.12. The van der Waals surface area contributed by atoms with Crippen molar-refractivity contribution in [2.75, 3.05) is 19.7 Å². The summed E-state index contributed by atoms with van der Waals surface area (Å²) in [4.78, 5) is 4.47. The Balaban J connectivity index is 1.85. The molecule has 8 heteroatoms. The van der Waals surface area contributed by atoms with E-state index in [2.05, 4.69) is 20.4 Å². The van der Waals surface area contributed by atoms with Crippen molar-refractivity contribution in [1.82, 2.24) is 10.6 Å². The van der Waals surface area contributed by atoms with E-state index in [-0.39, 0.29) is 11.5 Å². The zero-order valence-electron chi connectivity index (χ0n) is 15.6. The number of aliphatic imine (C=N–C) groups is 1. The molecule has 5 nitrogen and oxygen atoms in total. The molecule has 152 valence electrons. The smallest absolute Gasteiger partial charge is 0.422 e. The van der Waals surface area contributed by atoms with Crippen LogP contribution in [0.4, 0.5) is 13.2 Å². The summed E-state index contributed by atoms with van der Waals surface area (Å²) in [6.07, 6.45) is -3.63. The van der Waals surface area contributed by atoms with Gasteiger partial charge in [0, 0.05) is 13.1 Å². The van der Waals surface area contributed by atoms with Gasteiger partial charge in [-0.15, -0.1) is 0 Å². The van der Waals surface area contributed by atoms with Crippen LogP contribution in [-0.2, 0) is 13.0 Å². The van der Waals surface area contributed by atoms with Gasteiger partial charge in [-0.2, -0.15) is 13.2 Å². The van der Waals surface area contributed by atoms with Gasteiger partial charge in [0.15, 0.2) is 12.6 Å². The Morgan fingerprint density at radius 3 is 2.46 bits per heavy atom. The Bertz CT molecular complexity index is 762. The lowest BCUT2D eigenvalue weighted by atomic mass is 10.1. The molecule has 2 rings (SSSR count). The highest BCUT2D eigenvalue weighted by molar-refractivity contribution is 5.79. The molecule has 28 heavy (non-hydrogen) atoms. The van der Waals surface area contributed by atoms with Gasteiger partial charge >= 0.3 is 6.18 Å². The first-order valence-corrected chi connectivity index (χ1v) is 8.94. The molecule has 0 radical (unpaired) electrons. The van der Waals surface area contributed by atoms with Gasteiger partial charge in [-0.1, -0.05) is 24.3 Å². The molecule has 0 saturated heterocycles. The van der Waals surface area contributed by atoms with E-state index < -0.39 is 12.8 Å². The summed E-state index contributed by atoms with van der Waals surface area (Å²) >= 11 is 0. The van der Waals surface area contributed by atoms with E-state index in [1.807, 2.05) is 13.0 Å². The molecule has 0 aliphatic rings. The standard InChI is InChI=1S/C20H24F3N3O2/c1-2-24-19(25-11-10-15-4-3-5-17(27)12-15)26-13-16-6-8-18(9-7-16)28-14-20(21,22)23/h3-9,12,27H,2,10-11,13-14H2,1H3,(H2,24,25,26). The Kier molecular flexibility index (Phi) is 7.98. The number of halogens is 3. The number of nitrogens with one attached hydrogen (secondary N) is 2. The summed E-state index contributed by atoms with van der Waals surface area (Å²) in [5.41, 5.74) is 1.86. The number of rotatable bonds is 8. The molecule has 0 saturated carbocycles. The highest BCUT2D eigenvalue weighted by atomic mass is 19.4. The molecule has 0 atom stereocenters. The van der Waals surface area contributed by atoms with Crippen molar-refractivity contribution < 1.29 is 23.0 Å². The Morgan fingerprint density at radius 2 is 1.82 bits per heavy atom. The predicted octanol–water partition coefficient (Wildman–Crippen LogP) is 3.63. The molecule has 0 unspecified atom stereocenters. The molecule has 0 spiro atoms. The zero-order chi connectivity index (χ0) is 20.4. The van der Waals surface area contributed by atoms with Crippen molar-refractivity contribution in [2.24, 2.45) is 4.99 Å². The van der Waals surface area contributed by atoms with Crippen molar-refractivity contribution in [1.29, 1.82) is 0 Å². The minimum atomic E-state index is -4.35. The number of ether oxygens (including phenoxy) is 1. The van der Waals surface area contributed by atoms with Gasteiger partial charge in [0.05, 0.1) is 6.54 Å². The van der Waals surface area contributed by atoms with Crippen molar-refractivity contribution in [3.05, 3.63) is 59.7 Å². The monoisotopic (exact) mass is 395 g/mol. The summed E-state index contributed by atoms with van der Waals surface area (Å²) < 4.78 is 41.2. The van der Waals surface area contributed by atoms with Crippen LogP contribution in [-0.4, -0.2) is 36.9 Å². The van der Waals surface area contributed by atoms with Crippen LogP contribution in [0, 0.1) is 0 Å². The van der Waals surface area contributed by atoms with Crippen molar-refractivity contribution in [3.63, 3.8) is 0 Å². The first kappa shape index (κ1) is 21.4. The van der Waals surface area contributed by atoms with Crippen LogP contribution in [0.5, 0.6) is 11.5 Å². The van der Waals surface area contributed by atoms with Gasteiger partial charge < -0.3 is 20.5 Å². The number of nitrogens with zero attached hydrogens (tertiary/aromatic N) is 1. The first-order valence-electron chi connectivity index (χ1n) is 8.94. The number of alkyl halides is 3. The quantitative estimate of drug-likeness (QED) is 0.472. The molecule has 0 aromatic heterocycles. The summed E-state index contributed by atoms with van der Waals surface area (Å²) in [5.74, 6) is 1.04. The van der Waals surface area contributed by atoms with Crippen LogP contribution in [0.15, 0.2) is 53.5 Å². The van der Waals surface area contributed by atoms with E-state index in [9.17, 15) is 18.3 Å². The molecule has 3 N–H and O–H groups in total. The fraction of sp³-hybridized carbons (Fsp3) is 0.350. The Morgan fingerprint density at radius 1 is 1.07 bits per heavy atom. The topological polar surface area (TPSA) is 65.9 Å². The molecule has 2 aromatic carbocycles. The maximum Gasteiger partial charge on any atom is 0.422 e. The van der Waals surface area contributed by atoms with E-state index in [0.29, 0.717) is 25.6 Å². The van der Waals surface area contributed by atoms with E-state index in [0.717, 1.165) is 17.5 Å². The molecule has 0 aliphatic carbocycles. The fourth-order valence-corrected chi connectivity index (χ4v) is 2.41. The molecule has 0 heterocycles. The molecule has 2 aromatic rings. The minimum Gasteiger partial charge on any atom is -0.508 e. The van der Waals surface area contributed by atoms with Gasteiger partial charge in [-0.3, -0.25) is 0 Å². The maximum absolute atomic E-state index is 12.2. The van der Waals surface area contributed by atoms with Crippen LogP contribution in [0.3, 0.4) is 0 Å². The SMILES string of the molecule is CCNC(=NCc1ccc(OCC(F)(F)F)cc1)NCCc1cccc(O)c1. The highest BCUT2D eigenvalue weighted by Gasteiger charge is 2.28. The second-order valence-corrected chi connectivity index (χ2v) is 6.09. The lowest BCUT2D eigenvalue weighted by Crippen LogP contribution is -2.38. The third kappa shape index (κ3) is 8.20. The lowest BCUT2D eigenvalue weighted by molar-refractivity contribution is -0.153. The second-order valence-electron chi connectivity index (χ2n) is 6.09. The third-order valence-electron chi connectivity index (χ3n) is 3.71.